The number of ether oxygens (including phenoxy) is 1. The summed E-state index contributed by atoms with van der Waals surface area (Å²) < 4.78 is 32.0. The molecule has 1 aromatic carbocycles. The van der Waals surface area contributed by atoms with Gasteiger partial charge in [0.25, 0.3) is 0 Å². The lowest BCUT2D eigenvalue weighted by Crippen LogP contribution is -2.39. The summed E-state index contributed by atoms with van der Waals surface area (Å²) in [5.74, 6) is -1.17. The summed E-state index contributed by atoms with van der Waals surface area (Å²) >= 11 is 3.17. The zero-order chi connectivity index (χ0) is 16.2. The first-order chi connectivity index (χ1) is 9.71. The number of sulfonamides is 1. The molecule has 1 N–H and O–H groups in total. The smallest absolute Gasteiger partial charge is 0.335 e. The minimum absolute atomic E-state index is 0.0628. The van der Waals surface area contributed by atoms with Gasteiger partial charge in [-0.3, -0.25) is 0 Å². The van der Waals surface area contributed by atoms with Crippen molar-refractivity contribution in [3.63, 3.8) is 0 Å². The second-order valence-corrected chi connectivity index (χ2v) is 7.37. The quantitative estimate of drug-likeness (QED) is 0.784. The predicted octanol–water partition coefficient (Wildman–Crippen LogP) is 2.19. The Morgan fingerprint density at radius 1 is 1.43 bits per heavy atom. The topological polar surface area (TPSA) is 83.9 Å². The van der Waals surface area contributed by atoms with Crippen molar-refractivity contribution >= 4 is 31.9 Å². The molecule has 0 spiro atoms. The van der Waals surface area contributed by atoms with Crippen LogP contribution in [0.15, 0.2) is 27.6 Å². The fourth-order valence-corrected chi connectivity index (χ4v) is 4.37. The van der Waals surface area contributed by atoms with Crippen LogP contribution >= 0.6 is 15.9 Å². The third-order valence-electron chi connectivity index (χ3n) is 2.86. The van der Waals surface area contributed by atoms with Crippen molar-refractivity contribution in [1.29, 1.82) is 0 Å². The van der Waals surface area contributed by atoms with Crippen molar-refractivity contribution in [2.24, 2.45) is 0 Å². The average molecular weight is 380 g/mol. The van der Waals surface area contributed by atoms with E-state index >= 15 is 0 Å². The maximum Gasteiger partial charge on any atom is 0.335 e. The van der Waals surface area contributed by atoms with Gasteiger partial charge in [0, 0.05) is 24.2 Å². The van der Waals surface area contributed by atoms with Crippen LogP contribution in [0.2, 0.25) is 0 Å². The molecule has 0 aromatic heterocycles. The van der Waals surface area contributed by atoms with Crippen molar-refractivity contribution < 1.29 is 23.1 Å². The van der Waals surface area contributed by atoms with Crippen LogP contribution in [0.5, 0.6) is 0 Å². The van der Waals surface area contributed by atoms with Crippen LogP contribution in [-0.2, 0) is 14.8 Å². The highest BCUT2D eigenvalue weighted by molar-refractivity contribution is 9.10. The highest BCUT2D eigenvalue weighted by Gasteiger charge is 2.29. The van der Waals surface area contributed by atoms with Gasteiger partial charge >= 0.3 is 5.97 Å². The van der Waals surface area contributed by atoms with Crippen LogP contribution in [0.4, 0.5) is 0 Å². The van der Waals surface area contributed by atoms with E-state index in [0.717, 1.165) is 6.07 Å². The Bertz CT molecular complexity index is 615. The third-order valence-corrected chi connectivity index (χ3v) is 5.93. The number of rotatable bonds is 7. The summed E-state index contributed by atoms with van der Waals surface area (Å²) in [5.41, 5.74) is -0.0766. The number of carboxylic acid groups (broad SMARTS) is 1. The van der Waals surface area contributed by atoms with E-state index in [1.54, 1.807) is 13.8 Å². The lowest BCUT2D eigenvalue weighted by atomic mass is 10.2. The van der Waals surface area contributed by atoms with E-state index in [-0.39, 0.29) is 29.7 Å². The molecule has 8 heteroatoms. The molecule has 0 aliphatic heterocycles. The third kappa shape index (κ3) is 4.26. The maximum absolute atomic E-state index is 12.7. The van der Waals surface area contributed by atoms with Gasteiger partial charge in [-0.2, -0.15) is 4.31 Å². The highest BCUT2D eigenvalue weighted by Crippen LogP contribution is 2.27. The normalized spacial score (nSPS) is 12.1. The summed E-state index contributed by atoms with van der Waals surface area (Å²) in [5, 5.41) is 9.01. The molecule has 0 radical (unpaired) electrons. The van der Waals surface area contributed by atoms with Gasteiger partial charge in [0.1, 0.15) is 0 Å². The van der Waals surface area contributed by atoms with E-state index in [4.69, 9.17) is 9.84 Å². The summed E-state index contributed by atoms with van der Waals surface area (Å²) in [6.45, 7) is 3.96. The number of hydrogen-bond donors (Lipinski definition) is 1. The van der Waals surface area contributed by atoms with Crippen LogP contribution in [0.3, 0.4) is 0 Å². The van der Waals surface area contributed by atoms with E-state index < -0.39 is 16.0 Å². The second-order valence-electron chi connectivity index (χ2n) is 4.65. The van der Waals surface area contributed by atoms with Gasteiger partial charge in [0.05, 0.1) is 17.1 Å². The molecule has 118 valence electrons. The Labute approximate surface area is 132 Å². The Morgan fingerprint density at radius 2 is 2.05 bits per heavy atom. The molecule has 21 heavy (non-hydrogen) atoms. The van der Waals surface area contributed by atoms with E-state index in [0.29, 0.717) is 4.47 Å². The number of halogens is 1. The molecule has 0 saturated heterocycles. The largest absolute Gasteiger partial charge is 0.478 e. The number of carboxylic acids is 1. The Balaban J connectivity index is 3.33. The van der Waals surface area contributed by atoms with Gasteiger partial charge in [-0.25, -0.2) is 13.2 Å². The van der Waals surface area contributed by atoms with Gasteiger partial charge in [-0.05, 0) is 48.0 Å². The van der Waals surface area contributed by atoms with Crippen LogP contribution in [0.1, 0.15) is 24.2 Å². The molecule has 1 aromatic rings. The van der Waals surface area contributed by atoms with Crippen molar-refractivity contribution in [1.82, 2.24) is 4.31 Å². The lowest BCUT2D eigenvalue weighted by Gasteiger charge is -2.26. The molecule has 0 fully saturated rings. The Morgan fingerprint density at radius 3 is 2.52 bits per heavy atom. The predicted molar refractivity (Wildman–Crippen MR) is 82.0 cm³/mol. The van der Waals surface area contributed by atoms with Gasteiger partial charge in [-0.1, -0.05) is 0 Å². The summed E-state index contributed by atoms with van der Waals surface area (Å²) in [4.78, 5) is 11.0. The zero-order valence-corrected chi connectivity index (χ0v) is 14.4. The number of nitrogens with zero attached hydrogens (tertiary/aromatic N) is 1. The monoisotopic (exact) mass is 379 g/mol. The number of hydrogen-bond acceptors (Lipinski definition) is 4. The lowest BCUT2D eigenvalue weighted by molar-refractivity contribution is 0.0696. The molecule has 0 aliphatic carbocycles. The van der Waals surface area contributed by atoms with Crippen LogP contribution in [0, 0.1) is 0 Å². The van der Waals surface area contributed by atoms with E-state index in [1.165, 1.54) is 23.5 Å². The van der Waals surface area contributed by atoms with Crippen molar-refractivity contribution in [3.05, 3.63) is 28.2 Å². The van der Waals surface area contributed by atoms with Gasteiger partial charge in [0.15, 0.2) is 0 Å². The van der Waals surface area contributed by atoms with Gasteiger partial charge in [-0.15, -0.1) is 0 Å². The molecule has 0 saturated carbocycles. The first-order valence-corrected chi connectivity index (χ1v) is 8.48. The molecule has 0 aliphatic rings. The van der Waals surface area contributed by atoms with Crippen LogP contribution in [-0.4, -0.2) is 50.1 Å². The first kappa shape index (κ1) is 18.1. The van der Waals surface area contributed by atoms with Crippen molar-refractivity contribution in [3.8, 4) is 0 Å². The average Bonchev–Trinajstić information content (AvgIpc) is 2.38. The van der Waals surface area contributed by atoms with Gasteiger partial charge < -0.3 is 9.84 Å². The molecule has 0 amide bonds. The molecule has 0 heterocycles. The fourth-order valence-electron chi connectivity index (χ4n) is 1.80. The molecular formula is C13H18BrNO5S. The number of aromatic carboxylic acids is 1. The van der Waals surface area contributed by atoms with E-state index in [1.807, 2.05) is 0 Å². The van der Waals surface area contributed by atoms with E-state index in [2.05, 4.69) is 15.9 Å². The fraction of sp³-hybridized carbons (Fsp3) is 0.462. The SMILES string of the molecule is COCCN(C(C)C)S(=O)(=O)c1cc(C(=O)O)ccc1Br. The minimum atomic E-state index is -3.82. The van der Waals surface area contributed by atoms with Crippen molar-refractivity contribution in [2.75, 3.05) is 20.3 Å². The zero-order valence-electron chi connectivity index (χ0n) is 12.0. The Kier molecular flexibility index (Phi) is 6.33. The van der Waals surface area contributed by atoms with Crippen LogP contribution in [0.25, 0.3) is 0 Å². The maximum atomic E-state index is 12.7. The number of benzene rings is 1. The molecule has 1 rings (SSSR count). The van der Waals surface area contributed by atoms with Crippen LogP contribution < -0.4 is 0 Å². The molecule has 0 bridgehead atoms. The highest BCUT2D eigenvalue weighted by atomic mass is 79.9. The minimum Gasteiger partial charge on any atom is -0.478 e. The first-order valence-electron chi connectivity index (χ1n) is 6.25. The number of methoxy groups -OCH3 is 1. The van der Waals surface area contributed by atoms with E-state index in [9.17, 15) is 13.2 Å². The van der Waals surface area contributed by atoms with Gasteiger partial charge in [0.2, 0.25) is 10.0 Å². The summed E-state index contributed by atoms with van der Waals surface area (Å²) in [6.07, 6.45) is 0. The van der Waals surface area contributed by atoms with Crippen molar-refractivity contribution in [2.45, 2.75) is 24.8 Å². The molecule has 0 unspecified atom stereocenters. The molecule has 0 atom stereocenters. The summed E-state index contributed by atoms with van der Waals surface area (Å²) in [6, 6.07) is 3.65. The number of carbonyl (C=O) groups is 1. The molecule has 6 nitrogen and oxygen atoms in total. The second kappa shape index (κ2) is 7.35. The Hall–Kier alpha value is -0.960. The molecular weight excluding hydrogens is 362 g/mol. The summed E-state index contributed by atoms with van der Waals surface area (Å²) in [7, 11) is -2.32. The standard InChI is InChI=1S/C13H18BrNO5S/c1-9(2)15(6-7-20-3)21(18,19)12-8-10(13(16)17)4-5-11(12)14/h4-5,8-9H,6-7H2,1-3H3,(H,16,17).